The first-order valence-electron chi connectivity index (χ1n) is 5.05. The Hall–Kier alpha value is -0.680. The van der Waals surface area contributed by atoms with Gasteiger partial charge in [-0.1, -0.05) is 11.6 Å². The summed E-state index contributed by atoms with van der Waals surface area (Å²) in [5.74, 6) is -0.340. The molecule has 1 rings (SSSR count). The van der Waals surface area contributed by atoms with E-state index in [2.05, 4.69) is 0 Å². The highest BCUT2D eigenvalue weighted by atomic mass is 35.5. The van der Waals surface area contributed by atoms with Crippen LogP contribution in [-0.2, 0) is 6.54 Å². The topological polar surface area (TPSA) is 43.7 Å². The van der Waals surface area contributed by atoms with Crippen LogP contribution in [-0.4, -0.2) is 41.4 Å². The molecule has 0 heterocycles. The first-order valence-corrected chi connectivity index (χ1v) is 5.43. The Balaban J connectivity index is 2.71. The number of halogens is 2. The summed E-state index contributed by atoms with van der Waals surface area (Å²) in [4.78, 5) is 1.81. The molecular weight excluding hydrogens is 233 g/mol. The van der Waals surface area contributed by atoms with Crippen LogP contribution >= 0.6 is 11.6 Å². The maximum Gasteiger partial charge on any atom is 0.123 e. The zero-order valence-electron chi connectivity index (χ0n) is 8.87. The van der Waals surface area contributed by atoms with Crippen molar-refractivity contribution in [3.05, 3.63) is 34.6 Å². The van der Waals surface area contributed by atoms with Crippen LogP contribution in [0, 0.1) is 5.82 Å². The molecule has 0 aliphatic carbocycles. The molecule has 0 amide bonds. The Labute approximate surface area is 99.1 Å². The minimum atomic E-state index is -0.340. The highest BCUT2D eigenvalue weighted by Gasteiger charge is 2.08. The third kappa shape index (κ3) is 4.06. The average molecular weight is 248 g/mol. The van der Waals surface area contributed by atoms with Crippen LogP contribution in [0.15, 0.2) is 18.2 Å². The molecule has 0 saturated carbocycles. The Kier molecular flexibility index (Phi) is 5.69. The highest BCUT2D eigenvalue weighted by molar-refractivity contribution is 6.31. The quantitative estimate of drug-likeness (QED) is 0.796. The number of benzene rings is 1. The van der Waals surface area contributed by atoms with E-state index >= 15 is 0 Å². The molecule has 0 unspecified atom stereocenters. The molecule has 0 radical (unpaired) electrons. The van der Waals surface area contributed by atoms with E-state index in [1.807, 2.05) is 0 Å². The van der Waals surface area contributed by atoms with Gasteiger partial charge in [-0.15, -0.1) is 0 Å². The summed E-state index contributed by atoms with van der Waals surface area (Å²) < 4.78 is 13.0. The third-order valence-corrected chi connectivity index (χ3v) is 2.60. The molecule has 1 aromatic carbocycles. The zero-order chi connectivity index (χ0) is 12.0. The van der Waals surface area contributed by atoms with Crippen molar-refractivity contribution in [2.45, 2.75) is 6.54 Å². The number of hydrogen-bond donors (Lipinski definition) is 2. The van der Waals surface area contributed by atoms with Gasteiger partial charge in [-0.05, 0) is 23.8 Å². The van der Waals surface area contributed by atoms with Crippen LogP contribution in [0.3, 0.4) is 0 Å². The number of nitrogens with zero attached hydrogens (tertiary/aromatic N) is 1. The fourth-order valence-electron chi connectivity index (χ4n) is 1.46. The molecule has 90 valence electrons. The molecule has 0 saturated heterocycles. The fraction of sp³-hybridized carbons (Fsp3) is 0.455. The SMILES string of the molecule is OCCN(CCO)Cc1cc(F)ccc1Cl. The first-order chi connectivity index (χ1) is 7.67. The summed E-state index contributed by atoms with van der Waals surface area (Å²) in [7, 11) is 0. The van der Waals surface area contributed by atoms with Gasteiger partial charge >= 0.3 is 0 Å². The van der Waals surface area contributed by atoms with Crippen LogP contribution in [0.4, 0.5) is 4.39 Å². The molecule has 0 spiro atoms. The number of aliphatic hydroxyl groups excluding tert-OH is 2. The molecule has 2 N–H and O–H groups in total. The van der Waals surface area contributed by atoms with Crippen molar-refractivity contribution in [1.82, 2.24) is 4.90 Å². The monoisotopic (exact) mass is 247 g/mol. The fourth-order valence-corrected chi connectivity index (χ4v) is 1.64. The van der Waals surface area contributed by atoms with Crippen molar-refractivity contribution in [3.8, 4) is 0 Å². The molecule has 0 aliphatic heterocycles. The van der Waals surface area contributed by atoms with Crippen molar-refractivity contribution in [3.63, 3.8) is 0 Å². The molecule has 0 atom stereocenters. The number of aliphatic hydroxyl groups is 2. The lowest BCUT2D eigenvalue weighted by molar-refractivity contribution is 0.156. The predicted molar refractivity (Wildman–Crippen MR) is 60.9 cm³/mol. The summed E-state index contributed by atoms with van der Waals surface area (Å²) in [5.41, 5.74) is 0.656. The Morgan fingerprint density at radius 2 is 1.81 bits per heavy atom. The maximum atomic E-state index is 13.0. The van der Waals surface area contributed by atoms with Gasteiger partial charge in [0.1, 0.15) is 5.82 Å². The largest absolute Gasteiger partial charge is 0.395 e. The van der Waals surface area contributed by atoms with Crippen molar-refractivity contribution >= 4 is 11.6 Å². The molecule has 0 aromatic heterocycles. The summed E-state index contributed by atoms with van der Waals surface area (Å²) in [5, 5.41) is 18.2. The van der Waals surface area contributed by atoms with Crippen molar-refractivity contribution < 1.29 is 14.6 Å². The lowest BCUT2D eigenvalue weighted by Gasteiger charge is -2.20. The molecule has 1 aromatic rings. The summed E-state index contributed by atoms with van der Waals surface area (Å²) >= 11 is 5.92. The standard InChI is InChI=1S/C11H15ClFNO2/c12-11-2-1-10(13)7-9(11)8-14(3-5-15)4-6-16/h1-2,7,15-16H,3-6,8H2. The zero-order valence-corrected chi connectivity index (χ0v) is 9.62. The van der Waals surface area contributed by atoms with Gasteiger partial charge in [0.05, 0.1) is 13.2 Å². The van der Waals surface area contributed by atoms with Gasteiger partial charge in [0.25, 0.3) is 0 Å². The maximum absolute atomic E-state index is 13.0. The van der Waals surface area contributed by atoms with E-state index in [0.29, 0.717) is 30.2 Å². The molecule has 16 heavy (non-hydrogen) atoms. The van der Waals surface area contributed by atoms with Gasteiger partial charge in [-0.2, -0.15) is 0 Å². The van der Waals surface area contributed by atoms with Crippen LogP contribution in [0.25, 0.3) is 0 Å². The van der Waals surface area contributed by atoms with Gasteiger partial charge in [-0.3, -0.25) is 4.90 Å². The van der Waals surface area contributed by atoms with E-state index in [1.54, 1.807) is 4.90 Å². The van der Waals surface area contributed by atoms with E-state index in [0.717, 1.165) is 0 Å². The lowest BCUT2D eigenvalue weighted by atomic mass is 10.2. The normalized spacial score (nSPS) is 11.1. The van der Waals surface area contributed by atoms with E-state index in [9.17, 15) is 4.39 Å². The Morgan fingerprint density at radius 1 is 1.19 bits per heavy atom. The van der Waals surface area contributed by atoms with Crippen LogP contribution in [0.2, 0.25) is 5.02 Å². The van der Waals surface area contributed by atoms with Gasteiger partial charge in [0.15, 0.2) is 0 Å². The summed E-state index contributed by atoms with van der Waals surface area (Å²) in [6.07, 6.45) is 0. The van der Waals surface area contributed by atoms with E-state index in [-0.39, 0.29) is 19.0 Å². The second-order valence-electron chi connectivity index (χ2n) is 3.46. The van der Waals surface area contributed by atoms with Crippen molar-refractivity contribution in [1.29, 1.82) is 0 Å². The molecular formula is C11H15ClFNO2. The van der Waals surface area contributed by atoms with Crippen LogP contribution in [0.5, 0.6) is 0 Å². The van der Waals surface area contributed by atoms with Crippen molar-refractivity contribution in [2.75, 3.05) is 26.3 Å². The summed E-state index contributed by atoms with van der Waals surface area (Å²) in [6.45, 7) is 1.25. The number of hydrogen-bond acceptors (Lipinski definition) is 3. The summed E-state index contributed by atoms with van der Waals surface area (Å²) in [6, 6.07) is 4.17. The average Bonchev–Trinajstić information content (AvgIpc) is 2.24. The van der Waals surface area contributed by atoms with Crippen molar-refractivity contribution in [2.24, 2.45) is 0 Å². The highest BCUT2D eigenvalue weighted by Crippen LogP contribution is 2.18. The van der Waals surface area contributed by atoms with Crippen LogP contribution < -0.4 is 0 Å². The smallest absolute Gasteiger partial charge is 0.123 e. The van der Waals surface area contributed by atoms with Gasteiger partial charge in [0, 0.05) is 24.7 Å². The van der Waals surface area contributed by atoms with Gasteiger partial charge in [-0.25, -0.2) is 4.39 Å². The van der Waals surface area contributed by atoms with Gasteiger partial charge in [0.2, 0.25) is 0 Å². The van der Waals surface area contributed by atoms with E-state index in [4.69, 9.17) is 21.8 Å². The van der Waals surface area contributed by atoms with E-state index in [1.165, 1.54) is 18.2 Å². The Bertz CT molecular complexity index is 330. The predicted octanol–water partition coefficient (Wildman–Crippen LogP) is 1.27. The Morgan fingerprint density at radius 3 is 2.38 bits per heavy atom. The molecule has 5 heteroatoms. The second kappa shape index (κ2) is 6.81. The second-order valence-corrected chi connectivity index (χ2v) is 3.87. The molecule has 0 fully saturated rings. The lowest BCUT2D eigenvalue weighted by Crippen LogP contribution is -2.29. The minimum absolute atomic E-state index is 0.00701. The third-order valence-electron chi connectivity index (χ3n) is 2.23. The first kappa shape index (κ1) is 13.4. The molecule has 3 nitrogen and oxygen atoms in total. The molecule has 0 aliphatic rings. The van der Waals surface area contributed by atoms with Crippen LogP contribution in [0.1, 0.15) is 5.56 Å². The minimum Gasteiger partial charge on any atom is -0.395 e. The number of rotatable bonds is 6. The van der Waals surface area contributed by atoms with E-state index < -0.39 is 0 Å². The van der Waals surface area contributed by atoms with Gasteiger partial charge < -0.3 is 10.2 Å². The molecule has 0 bridgehead atoms.